The average molecular weight is 345 g/mol. The zero-order valence-corrected chi connectivity index (χ0v) is 14.4. The van der Waals surface area contributed by atoms with Crippen molar-refractivity contribution in [1.82, 2.24) is 4.98 Å². The lowest BCUT2D eigenvalue weighted by atomic mass is 10.1. The smallest absolute Gasteiger partial charge is 0.339 e. The van der Waals surface area contributed by atoms with Crippen molar-refractivity contribution in [1.29, 1.82) is 0 Å². The molecule has 2 rings (SSSR count). The summed E-state index contributed by atoms with van der Waals surface area (Å²) in [4.78, 5) is 39.3. The second-order valence-corrected chi connectivity index (χ2v) is 5.58. The fourth-order valence-corrected chi connectivity index (χ4v) is 2.49. The number of ether oxygens (including phenoxy) is 2. The van der Waals surface area contributed by atoms with Crippen molar-refractivity contribution in [2.75, 3.05) is 7.11 Å². The van der Waals surface area contributed by atoms with Crippen LogP contribution in [0.4, 0.5) is 0 Å². The summed E-state index contributed by atoms with van der Waals surface area (Å²) in [6.45, 7) is 4.73. The van der Waals surface area contributed by atoms with Crippen LogP contribution in [-0.4, -0.2) is 41.0 Å². The number of carbonyl (C=O) groups excluding carboxylic acids is 3. The Hall–Kier alpha value is -3.09. The molecule has 7 nitrogen and oxygen atoms in total. The third-order valence-electron chi connectivity index (χ3n) is 3.83. The molecule has 2 N–H and O–H groups in total. The summed E-state index contributed by atoms with van der Waals surface area (Å²) < 4.78 is 9.88. The van der Waals surface area contributed by atoms with E-state index in [1.54, 1.807) is 13.8 Å². The number of nitrogens with one attached hydrogen (secondary N) is 1. The molecule has 0 saturated carbocycles. The second kappa shape index (κ2) is 7.21. The van der Waals surface area contributed by atoms with Gasteiger partial charge in [0.05, 0.1) is 23.9 Å². The van der Waals surface area contributed by atoms with Gasteiger partial charge in [-0.3, -0.25) is 4.79 Å². The highest BCUT2D eigenvalue weighted by Crippen LogP contribution is 2.21. The number of rotatable bonds is 5. The number of aryl methyl sites for hydroxylation is 1. The average Bonchev–Trinajstić information content (AvgIpc) is 2.88. The van der Waals surface area contributed by atoms with E-state index >= 15 is 0 Å². The molecule has 0 fully saturated rings. The number of H-pyrrole nitrogens is 1. The highest BCUT2D eigenvalue weighted by molar-refractivity contribution is 6.04. The Labute approximate surface area is 144 Å². The van der Waals surface area contributed by atoms with E-state index in [4.69, 9.17) is 9.47 Å². The highest BCUT2D eigenvalue weighted by atomic mass is 16.5. The number of methoxy groups -OCH3 is 1. The van der Waals surface area contributed by atoms with Gasteiger partial charge in [-0.05, 0) is 50.6 Å². The number of phenolic OH excluding ortho intramolecular Hbond substituents is 1. The van der Waals surface area contributed by atoms with Crippen molar-refractivity contribution in [3.63, 3.8) is 0 Å². The maximum absolute atomic E-state index is 12.6. The molecule has 0 unspecified atom stereocenters. The van der Waals surface area contributed by atoms with Crippen LogP contribution in [0, 0.1) is 13.8 Å². The topological polar surface area (TPSA) is 106 Å². The van der Waals surface area contributed by atoms with E-state index in [-0.39, 0.29) is 17.0 Å². The predicted molar refractivity (Wildman–Crippen MR) is 88.9 cm³/mol. The number of ketones is 1. The number of Topliss-reactive ketones (excluding diaryl/α,β-unsaturated/α-hetero) is 1. The number of hydrogen-bond donors (Lipinski definition) is 2. The predicted octanol–water partition coefficient (Wildman–Crippen LogP) is 2.55. The molecule has 1 atom stereocenters. The standard InChI is InChI=1S/C18H19NO6/c1-9-14(18(23)24-4)10(2)19-15(9)16(21)11(3)25-17(22)12-5-7-13(20)8-6-12/h5-8,11,19-20H,1-4H3/t11-/m1/s1. The van der Waals surface area contributed by atoms with E-state index < -0.39 is 23.8 Å². The molecule has 132 valence electrons. The lowest BCUT2D eigenvalue weighted by Crippen LogP contribution is -2.25. The van der Waals surface area contributed by atoms with Gasteiger partial charge >= 0.3 is 11.9 Å². The number of aromatic hydroxyl groups is 1. The number of phenols is 1. The molecular formula is C18H19NO6. The van der Waals surface area contributed by atoms with Gasteiger partial charge in [0.1, 0.15) is 5.75 Å². The van der Waals surface area contributed by atoms with Gasteiger partial charge in [-0.25, -0.2) is 9.59 Å². The first-order valence-electron chi connectivity index (χ1n) is 7.58. The molecule has 0 saturated heterocycles. The molecule has 0 radical (unpaired) electrons. The molecule has 1 heterocycles. The normalized spacial score (nSPS) is 11.7. The zero-order chi connectivity index (χ0) is 18.7. The van der Waals surface area contributed by atoms with Crippen LogP contribution in [0.1, 0.15) is 49.4 Å². The van der Waals surface area contributed by atoms with Gasteiger partial charge in [-0.15, -0.1) is 0 Å². The fraction of sp³-hybridized carbons (Fsp3) is 0.278. The Balaban J connectivity index is 2.19. The maximum Gasteiger partial charge on any atom is 0.339 e. The van der Waals surface area contributed by atoms with Crippen LogP contribution < -0.4 is 0 Å². The van der Waals surface area contributed by atoms with E-state index in [0.29, 0.717) is 16.8 Å². The maximum atomic E-state index is 12.6. The van der Waals surface area contributed by atoms with Gasteiger partial charge in [0.25, 0.3) is 0 Å². The first kappa shape index (κ1) is 18.3. The molecule has 0 aliphatic rings. The van der Waals surface area contributed by atoms with Crippen molar-refractivity contribution < 1.29 is 29.0 Å². The monoisotopic (exact) mass is 345 g/mol. The van der Waals surface area contributed by atoms with Crippen molar-refractivity contribution in [2.45, 2.75) is 26.9 Å². The molecule has 25 heavy (non-hydrogen) atoms. The molecule has 0 aliphatic heterocycles. The summed E-state index contributed by atoms with van der Waals surface area (Å²) >= 11 is 0. The van der Waals surface area contributed by atoms with Gasteiger partial charge in [0.2, 0.25) is 5.78 Å². The molecule has 0 aliphatic carbocycles. The Morgan fingerprint density at radius 1 is 1.08 bits per heavy atom. The van der Waals surface area contributed by atoms with Gasteiger partial charge in [-0.2, -0.15) is 0 Å². The molecule has 7 heteroatoms. The number of aromatic amines is 1. The molecule has 0 amide bonds. The van der Waals surface area contributed by atoms with Crippen molar-refractivity contribution >= 4 is 17.7 Å². The quantitative estimate of drug-likeness (QED) is 0.637. The van der Waals surface area contributed by atoms with E-state index in [1.807, 2.05) is 0 Å². The molecule has 2 aromatic rings. The largest absolute Gasteiger partial charge is 0.508 e. The molecule has 1 aromatic heterocycles. The van der Waals surface area contributed by atoms with Gasteiger partial charge in [0.15, 0.2) is 6.10 Å². The number of hydrogen-bond acceptors (Lipinski definition) is 6. The third kappa shape index (κ3) is 3.71. The molecular weight excluding hydrogens is 326 g/mol. The molecule has 0 spiro atoms. The van der Waals surface area contributed by atoms with Crippen molar-refractivity contribution in [3.05, 3.63) is 52.3 Å². The zero-order valence-electron chi connectivity index (χ0n) is 14.4. The van der Waals surface area contributed by atoms with Gasteiger partial charge in [-0.1, -0.05) is 0 Å². The number of esters is 2. The molecule has 0 bridgehead atoms. The fourth-order valence-electron chi connectivity index (χ4n) is 2.49. The summed E-state index contributed by atoms with van der Waals surface area (Å²) in [7, 11) is 1.26. The lowest BCUT2D eigenvalue weighted by molar-refractivity contribution is 0.0316. The van der Waals surface area contributed by atoms with E-state index in [1.165, 1.54) is 38.3 Å². The minimum atomic E-state index is -1.05. The Morgan fingerprint density at radius 2 is 1.68 bits per heavy atom. The highest BCUT2D eigenvalue weighted by Gasteiger charge is 2.27. The molecule has 1 aromatic carbocycles. The van der Waals surface area contributed by atoms with Crippen molar-refractivity contribution in [3.8, 4) is 5.75 Å². The first-order chi connectivity index (χ1) is 11.8. The van der Waals surface area contributed by atoms with Crippen LogP contribution in [0.3, 0.4) is 0 Å². The number of aromatic nitrogens is 1. The summed E-state index contributed by atoms with van der Waals surface area (Å²) in [6, 6.07) is 5.50. The summed E-state index contributed by atoms with van der Waals surface area (Å²) in [5.74, 6) is -1.66. The first-order valence-corrected chi connectivity index (χ1v) is 7.58. The summed E-state index contributed by atoms with van der Waals surface area (Å²) in [5, 5.41) is 9.23. The van der Waals surface area contributed by atoms with Crippen LogP contribution in [0.25, 0.3) is 0 Å². The summed E-state index contributed by atoms with van der Waals surface area (Å²) in [5.41, 5.74) is 1.66. The van der Waals surface area contributed by atoms with E-state index in [2.05, 4.69) is 4.98 Å². The van der Waals surface area contributed by atoms with Crippen LogP contribution in [-0.2, 0) is 9.47 Å². The van der Waals surface area contributed by atoms with E-state index in [0.717, 1.165) is 0 Å². The van der Waals surface area contributed by atoms with Crippen molar-refractivity contribution in [2.24, 2.45) is 0 Å². The lowest BCUT2D eigenvalue weighted by Gasteiger charge is -2.12. The van der Waals surface area contributed by atoms with Gasteiger partial charge < -0.3 is 19.6 Å². The Kier molecular flexibility index (Phi) is 5.26. The van der Waals surface area contributed by atoms with E-state index in [9.17, 15) is 19.5 Å². The van der Waals surface area contributed by atoms with Crippen LogP contribution in [0.15, 0.2) is 24.3 Å². The second-order valence-electron chi connectivity index (χ2n) is 5.58. The van der Waals surface area contributed by atoms with Crippen LogP contribution in [0.2, 0.25) is 0 Å². The summed E-state index contributed by atoms with van der Waals surface area (Å²) in [6.07, 6.45) is -1.05. The number of carbonyl (C=O) groups is 3. The minimum absolute atomic E-state index is 0.0218. The third-order valence-corrected chi connectivity index (χ3v) is 3.83. The van der Waals surface area contributed by atoms with Gasteiger partial charge in [0, 0.05) is 5.69 Å². The number of benzene rings is 1. The van der Waals surface area contributed by atoms with Crippen LogP contribution in [0.5, 0.6) is 5.75 Å². The SMILES string of the molecule is COC(=O)c1c(C)[nH]c(C(=O)[C@@H](C)OC(=O)c2ccc(O)cc2)c1C. The Bertz CT molecular complexity index is 819. The Morgan fingerprint density at radius 3 is 2.24 bits per heavy atom. The minimum Gasteiger partial charge on any atom is -0.508 e. The van der Waals surface area contributed by atoms with Crippen LogP contribution >= 0.6 is 0 Å².